The highest BCUT2D eigenvalue weighted by Crippen LogP contribution is 2.41. The molecule has 0 amide bonds. The Morgan fingerprint density at radius 1 is 1.15 bits per heavy atom. The van der Waals surface area contributed by atoms with Gasteiger partial charge in [-0.2, -0.15) is 13.2 Å². The van der Waals surface area contributed by atoms with Crippen LogP contribution in [0.2, 0.25) is 0 Å². The van der Waals surface area contributed by atoms with Gasteiger partial charge in [0.15, 0.2) is 0 Å². The zero-order valence-corrected chi connectivity index (χ0v) is 19.3. The fraction of sp³-hybridized carbons (Fsp3) is 0.565. The Bertz CT molecular complexity index is 956. The normalized spacial score (nSPS) is 15.9. The summed E-state index contributed by atoms with van der Waals surface area (Å²) in [7, 11) is 3.60. The molecule has 3 rings (SSSR count). The summed E-state index contributed by atoms with van der Waals surface area (Å²) in [4.78, 5) is 10.1. The van der Waals surface area contributed by atoms with Crippen LogP contribution in [0.5, 0.6) is 5.88 Å². The second-order valence-electron chi connectivity index (χ2n) is 8.68. The smallest absolute Gasteiger partial charge is 0.421 e. The number of nitrogens with zero attached hydrogens (tertiary/aromatic N) is 3. The molecular formula is C23H32F3N5O2. The van der Waals surface area contributed by atoms with Crippen molar-refractivity contribution in [3.63, 3.8) is 0 Å². The van der Waals surface area contributed by atoms with Crippen molar-refractivity contribution in [2.45, 2.75) is 45.2 Å². The van der Waals surface area contributed by atoms with Gasteiger partial charge in [-0.05, 0) is 31.9 Å². The van der Waals surface area contributed by atoms with Gasteiger partial charge in [0, 0.05) is 37.9 Å². The number of ether oxygens (including phenoxy) is 2. The van der Waals surface area contributed by atoms with E-state index < -0.39 is 17.6 Å². The van der Waals surface area contributed by atoms with Crippen molar-refractivity contribution in [2.75, 3.05) is 50.3 Å². The number of hydrogen-bond donors (Lipinski definition) is 2. The average Bonchev–Trinajstić information content (AvgIpc) is 2.76. The predicted octanol–water partition coefficient (Wildman–Crippen LogP) is 4.76. The molecule has 0 bridgehead atoms. The number of methoxy groups -OCH3 is 1. The van der Waals surface area contributed by atoms with Gasteiger partial charge in [0.2, 0.25) is 5.88 Å². The Hall–Kier alpha value is -2.75. The molecule has 1 aliphatic carbocycles. The maximum Gasteiger partial charge on any atom is 0.421 e. The van der Waals surface area contributed by atoms with Crippen LogP contribution in [0.1, 0.15) is 44.6 Å². The molecule has 2 aromatic rings. The van der Waals surface area contributed by atoms with Gasteiger partial charge in [0.1, 0.15) is 11.4 Å². The number of halogens is 3. The molecule has 1 fully saturated rings. The van der Waals surface area contributed by atoms with Gasteiger partial charge in [-0.15, -0.1) is 0 Å². The van der Waals surface area contributed by atoms with Crippen molar-refractivity contribution in [2.24, 2.45) is 5.41 Å². The minimum absolute atomic E-state index is 0.0173. The highest BCUT2D eigenvalue weighted by atomic mass is 19.4. The summed E-state index contributed by atoms with van der Waals surface area (Å²) in [5.74, 6) is -0.408. The molecule has 0 atom stereocenters. The fourth-order valence-electron chi connectivity index (χ4n) is 4.62. The molecule has 7 nitrogen and oxygen atoms in total. The van der Waals surface area contributed by atoms with Crippen LogP contribution in [0, 0.1) is 5.41 Å². The first-order valence-corrected chi connectivity index (χ1v) is 11.1. The third kappa shape index (κ3) is 5.61. The lowest BCUT2D eigenvalue weighted by atomic mass is 9.74. The Morgan fingerprint density at radius 3 is 2.45 bits per heavy atom. The number of pyridine rings is 2. The van der Waals surface area contributed by atoms with Gasteiger partial charge in [-0.3, -0.25) is 0 Å². The van der Waals surface area contributed by atoms with E-state index in [9.17, 15) is 13.2 Å². The standard InChI is InChI=1S/C23H32F3N5O2/c1-4-33-21-16(23(24,25)26)10-15(12-29-21)17-11-18(19(27)20(28)30-17)31(2)13-22(14-32-3)8-6-5-7-9-22/h10-12H,4-9,13-14,27H2,1-3H3,(H2,28,30). The second kappa shape index (κ2) is 10.0. The lowest BCUT2D eigenvalue weighted by Gasteiger charge is -2.40. The minimum Gasteiger partial charge on any atom is -0.478 e. The van der Waals surface area contributed by atoms with Gasteiger partial charge in [0.05, 0.1) is 30.3 Å². The van der Waals surface area contributed by atoms with Crippen LogP contribution in [0.15, 0.2) is 18.3 Å². The van der Waals surface area contributed by atoms with E-state index in [1.807, 2.05) is 11.9 Å². The van der Waals surface area contributed by atoms with E-state index in [1.54, 1.807) is 20.1 Å². The van der Waals surface area contributed by atoms with Crippen molar-refractivity contribution in [3.8, 4) is 17.1 Å². The topological polar surface area (TPSA) is 99.5 Å². The molecule has 33 heavy (non-hydrogen) atoms. The van der Waals surface area contributed by atoms with Crippen LogP contribution in [-0.2, 0) is 10.9 Å². The third-order valence-electron chi connectivity index (χ3n) is 6.15. The van der Waals surface area contributed by atoms with Gasteiger partial charge < -0.3 is 25.8 Å². The van der Waals surface area contributed by atoms with E-state index in [0.717, 1.165) is 31.7 Å². The van der Waals surface area contributed by atoms with E-state index in [1.165, 1.54) is 12.6 Å². The van der Waals surface area contributed by atoms with Crippen LogP contribution in [0.25, 0.3) is 11.3 Å². The quantitative estimate of drug-likeness (QED) is 0.577. The SMILES string of the molecule is CCOc1ncc(-c2cc(N(C)CC3(COC)CCCCC3)c(N)c(N)n2)cc1C(F)(F)F. The summed E-state index contributed by atoms with van der Waals surface area (Å²) in [5.41, 5.74) is 12.7. The maximum absolute atomic E-state index is 13.6. The van der Waals surface area contributed by atoms with Crippen LogP contribution in [-0.4, -0.2) is 43.9 Å². The lowest BCUT2D eigenvalue weighted by molar-refractivity contribution is -0.139. The first-order chi connectivity index (χ1) is 15.6. The molecule has 1 saturated carbocycles. The molecule has 10 heteroatoms. The summed E-state index contributed by atoms with van der Waals surface area (Å²) in [6.45, 7) is 2.98. The van der Waals surface area contributed by atoms with Crippen molar-refractivity contribution in [3.05, 3.63) is 23.9 Å². The Morgan fingerprint density at radius 2 is 1.85 bits per heavy atom. The molecule has 0 aliphatic heterocycles. The first kappa shape index (κ1) is 24.9. The molecule has 2 aromatic heterocycles. The number of nitrogen functional groups attached to an aromatic ring is 2. The molecule has 0 unspecified atom stereocenters. The Kier molecular flexibility index (Phi) is 7.56. The van der Waals surface area contributed by atoms with Crippen molar-refractivity contribution < 1.29 is 22.6 Å². The molecule has 2 heterocycles. The summed E-state index contributed by atoms with van der Waals surface area (Å²) in [6.07, 6.45) is 2.22. The average molecular weight is 468 g/mol. The minimum atomic E-state index is -4.62. The summed E-state index contributed by atoms with van der Waals surface area (Å²) < 4.78 is 51.4. The fourth-order valence-corrected chi connectivity index (χ4v) is 4.62. The monoisotopic (exact) mass is 467 g/mol. The second-order valence-corrected chi connectivity index (χ2v) is 8.68. The van der Waals surface area contributed by atoms with Gasteiger partial charge in [-0.25, -0.2) is 9.97 Å². The van der Waals surface area contributed by atoms with E-state index >= 15 is 0 Å². The van der Waals surface area contributed by atoms with E-state index in [-0.39, 0.29) is 29.1 Å². The highest BCUT2D eigenvalue weighted by molar-refractivity contribution is 5.82. The number of rotatable bonds is 8. The number of anilines is 3. The molecule has 0 spiro atoms. The van der Waals surface area contributed by atoms with Crippen molar-refractivity contribution in [1.82, 2.24) is 9.97 Å². The largest absolute Gasteiger partial charge is 0.478 e. The van der Waals surface area contributed by atoms with E-state index in [4.69, 9.17) is 20.9 Å². The number of nitrogens with two attached hydrogens (primary N) is 2. The lowest BCUT2D eigenvalue weighted by Crippen LogP contribution is -2.41. The summed E-state index contributed by atoms with van der Waals surface area (Å²) in [5, 5.41) is 0. The molecule has 1 aliphatic rings. The van der Waals surface area contributed by atoms with Crippen LogP contribution >= 0.6 is 0 Å². The molecular weight excluding hydrogens is 435 g/mol. The number of hydrogen-bond acceptors (Lipinski definition) is 7. The Balaban J connectivity index is 1.99. The molecule has 0 saturated heterocycles. The number of alkyl halides is 3. The third-order valence-corrected chi connectivity index (χ3v) is 6.15. The van der Waals surface area contributed by atoms with Crippen LogP contribution < -0.4 is 21.1 Å². The van der Waals surface area contributed by atoms with Crippen molar-refractivity contribution >= 4 is 17.2 Å². The Labute approximate surface area is 192 Å². The first-order valence-electron chi connectivity index (χ1n) is 11.1. The maximum atomic E-state index is 13.6. The zero-order chi connectivity index (χ0) is 24.2. The highest BCUT2D eigenvalue weighted by Gasteiger charge is 2.36. The molecule has 0 radical (unpaired) electrons. The summed E-state index contributed by atoms with van der Waals surface area (Å²) in [6, 6.07) is 2.64. The van der Waals surface area contributed by atoms with Gasteiger partial charge >= 0.3 is 6.18 Å². The van der Waals surface area contributed by atoms with Crippen LogP contribution in [0.3, 0.4) is 0 Å². The van der Waals surface area contributed by atoms with Gasteiger partial charge in [0.25, 0.3) is 0 Å². The van der Waals surface area contributed by atoms with Gasteiger partial charge in [-0.1, -0.05) is 19.3 Å². The van der Waals surface area contributed by atoms with E-state index in [0.29, 0.717) is 24.5 Å². The molecule has 182 valence electrons. The van der Waals surface area contributed by atoms with E-state index in [2.05, 4.69) is 9.97 Å². The number of aromatic nitrogens is 2. The zero-order valence-electron chi connectivity index (χ0n) is 19.3. The van der Waals surface area contributed by atoms with Crippen LogP contribution in [0.4, 0.5) is 30.4 Å². The van der Waals surface area contributed by atoms with Crippen molar-refractivity contribution in [1.29, 1.82) is 0 Å². The summed E-state index contributed by atoms with van der Waals surface area (Å²) >= 11 is 0. The molecule has 0 aromatic carbocycles. The predicted molar refractivity (Wildman–Crippen MR) is 123 cm³/mol. The molecule has 4 N–H and O–H groups in total.